The van der Waals surface area contributed by atoms with Gasteiger partial charge in [0.15, 0.2) is 11.2 Å². The Morgan fingerprint density at radius 3 is 2.47 bits per heavy atom. The van der Waals surface area contributed by atoms with Gasteiger partial charge in [0.2, 0.25) is 5.91 Å². The van der Waals surface area contributed by atoms with E-state index < -0.39 is 0 Å². The minimum atomic E-state index is -0.270. The van der Waals surface area contributed by atoms with E-state index in [1.165, 1.54) is 11.1 Å². The molecule has 8 nitrogen and oxygen atoms in total. The quantitative estimate of drug-likeness (QED) is 0.462. The molecule has 1 saturated heterocycles. The van der Waals surface area contributed by atoms with Crippen LogP contribution in [0.1, 0.15) is 65.2 Å². The van der Waals surface area contributed by atoms with Crippen molar-refractivity contribution in [2.24, 2.45) is 0 Å². The lowest BCUT2D eigenvalue weighted by Gasteiger charge is -2.33. The molecule has 1 fully saturated rings. The molecule has 2 aromatic heterocycles. The van der Waals surface area contributed by atoms with Crippen LogP contribution >= 0.6 is 0 Å². The SMILES string of the molecule is Cc1ccc([C@@H](C)C(=O)N2CCC(c3nc4c(nnn4Cc4cc(C)ccc4C)c(=O)[nH]3)CC2)cc1. The first-order chi connectivity index (χ1) is 17.3. The fourth-order valence-electron chi connectivity index (χ4n) is 4.96. The van der Waals surface area contributed by atoms with E-state index in [-0.39, 0.29) is 28.8 Å². The van der Waals surface area contributed by atoms with Gasteiger partial charge in [-0.05, 0) is 57.2 Å². The standard InChI is InChI=1S/C28H32N6O2/c1-17-6-9-21(10-7-17)20(4)28(36)33-13-11-22(12-14-33)25-29-26-24(27(35)30-25)31-32-34(26)16-23-15-18(2)5-8-19(23)3/h5-10,15,20,22H,11-14,16H2,1-4H3,(H,29,30,35)/t20-/m1/s1. The van der Waals surface area contributed by atoms with Gasteiger partial charge in [0.1, 0.15) is 5.82 Å². The summed E-state index contributed by atoms with van der Waals surface area (Å²) in [4.78, 5) is 35.6. The Bertz CT molecular complexity index is 1460. The number of fused-ring (bicyclic) bond motifs is 1. The van der Waals surface area contributed by atoms with E-state index in [4.69, 9.17) is 4.98 Å². The second kappa shape index (κ2) is 9.68. The number of rotatable bonds is 5. The molecule has 0 spiro atoms. The Morgan fingerprint density at radius 1 is 1.06 bits per heavy atom. The van der Waals surface area contributed by atoms with Crippen molar-refractivity contribution < 1.29 is 4.79 Å². The number of benzene rings is 2. The van der Waals surface area contributed by atoms with Gasteiger partial charge in [0, 0.05) is 19.0 Å². The number of amides is 1. The molecule has 0 bridgehead atoms. The highest BCUT2D eigenvalue weighted by Crippen LogP contribution is 2.28. The first-order valence-electron chi connectivity index (χ1n) is 12.5. The number of aryl methyl sites for hydroxylation is 3. The van der Waals surface area contributed by atoms with E-state index in [1.807, 2.05) is 43.0 Å². The lowest BCUT2D eigenvalue weighted by Crippen LogP contribution is -2.40. The van der Waals surface area contributed by atoms with E-state index in [0.717, 1.165) is 29.5 Å². The zero-order chi connectivity index (χ0) is 25.4. The summed E-state index contributed by atoms with van der Waals surface area (Å²) in [5, 5.41) is 8.32. The van der Waals surface area contributed by atoms with Gasteiger partial charge < -0.3 is 9.88 Å². The first kappa shape index (κ1) is 23.9. The Labute approximate surface area is 210 Å². The van der Waals surface area contributed by atoms with Crippen LogP contribution < -0.4 is 5.56 Å². The van der Waals surface area contributed by atoms with E-state index in [9.17, 15) is 9.59 Å². The zero-order valence-corrected chi connectivity index (χ0v) is 21.3. The van der Waals surface area contributed by atoms with Crippen molar-refractivity contribution in [2.45, 2.75) is 58.9 Å². The fraction of sp³-hybridized carbons (Fsp3) is 0.393. The molecular weight excluding hydrogens is 452 g/mol. The molecule has 1 aliphatic heterocycles. The summed E-state index contributed by atoms with van der Waals surface area (Å²) in [5.41, 5.74) is 6.16. The fourth-order valence-corrected chi connectivity index (χ4v) is 4.96. The maximum Gasteiger partial charge on any atom is 0.281 e. The normalized spacial score (nSPS) is 15.4. The number of carbonyl (C=O) groups is 1. The van der Waals surface area contributed by atoms with Crippen molar-refractivity contribution in [3.05, 3.63) is 86.5 Å². The molecule has 0 unspecified atom stereocenters. The second-order valence-electron chi connectivity index (χ2n) is 10.0. The van der Waals surface area contributed by atoms with Gasteiger partial charge in [-0.3, -0.25) is 9.59 Å². The van der Waals surface area contributed by atoms with E-state index >= 15 is 0 Å². The number of H-pyrrole nitrogens is 1. The highest BCUT2D eigenvalue weighted by Gasteiger charge is 2.29. The molecule has 0 radical (unpaired) electrons. The summed E-state index contributed by atoms with van der Waals surface area (Å²) in [6, 6.07) is 14.4. The number of aromatic nitrogens is 5. The van der Waals surface area contributed by atoms with Crippen LogP contribution in [0.25, 0.3) is 11.2 Å². The minimum Gasteiger partial charge on any atom is -0.342 e. The number of aromatic amines is 1. The molecule has 5 rings (SSSR count). The Hall–Kier alpha value is -3.81. The smallest absolute Gasteiger partial charge is 0.281 e. The van der Waals surface area contributed by atoms with Crippen LogP contribution in [0.3, 0.4) is 0 Å². The molecule has 2 aromatic carbocycles. The molecule has 0 aliphatic carbocycles. The van der Waals surface area contributed by atoms with Crippen LogP contribution in [-0.4, -0.2) is 48.9 Å². The third kappa shape index (κ3) is 4.67. The molecule has 0 saturated carbocycles. The van der Waals surface area contributed by atoms with Gasteiger partial charge in [-0.15, -0.1) is 5.10 Å². The summed E-state index contributed by atoms with van der Waals surface area (Å²) >= 11 is 0. The number of likely N-dealkylation sites (tertiary alicyclic amines) is 1. The summed E-state index contributed by atoms with van der Waals surface area (Å²) in [6.07, 6.45) is 1.50. The van der Waals surface area contributed by atoms with Crippen molar-refractivity contribution >= 4 is 17.1 Å². The average Bonchev–Trinajstić information content (AvgIpc) is 3.29. The van der Waals surface area contributed by atoms with Crippen LogP contribution in [-0.2, 0) is 11.3 Å². The maximum atomic E-state index is 13.1. The third-order valence-electron chi connectivity index (χ3n) is 7.36. The van der Waals surface area contributed by atoms with Crippen molar-refractivity contribution in [2.75, 3.05) is 13.1 Å². The summed E-state index contributed by atoms with van der Waals surface area (Å²) in [6.45, 7) is 9.92. The van der Waals surface area contributed by atoms with Gasteiger partial charge >= 0.3 is 0 Å². The molecule has 1 amide bonds. The van der Waals surface area contributed by atoms with Gasteiger partial charge in [0.25, 0.3) is 5.56 Å². The van der Waals surface area contributed by atoms with E-state index in [2.05, 4.69) is 47.3 Å². The number of nitrogens with zero attached hydrogens (tertiary/aromatic N) is 5. The number of hydrogen-bond acceptors (Lipinski definition) is 5. The monoisotopic (exact) mass is 484 g/mol. The molecule has 36 heavy (non-hydrogen) atoms. The molecule has 1 aliphatic rings. The Kier molecular flexibility index (Phi) is 6.43. The molecule has 4 aromatic rings. The molecule has 186 valence electrons. The molecule has 3 heterocycles. The first-order valence-corrected chi connectivity index (χ1v) is 12.5. The highest BCUT2D eigenvalue weighted by atomic mass is 16.2. The number of hydrogen-bond donors (Lipinski definition) is 1. The van der Waals surface area contributed by atoms with Gasteiger partial charge in [-0.25, -0.2) is 9.67 Å². The predicted molar refractivity (Wildman–Crippen MR) is 139 cm³/mol. The van der Waals surface area contributed by atoms with Crippen LogP contribution in [0.2, 0.25) is 0 Å². The Balaban J connectivity index is 1.32. The van der Waals surface area contributed by atoms with Crippen molar-refractivity contribution in [3.63, 3.8) is 0 Å². The molecule has 8 heteroatoms. The van der Waals surface area contributed by atoms with Crippen LogP contribution in [0.15, 0.2) is 47.3 Å². The maximum absolute atomic E-state index is 13.1. The Morgan fingerprint density at radius 2 is 1.75 bits per heavy atom. The summed E-state index contributed by atoms with van der Waals surface area (Å²) < 4.78 is 1.71. The van der Waals surface area contributed by atoms with Crippen molar-refractivity contribution in [3.8, 4) is 0 Å². The largest absolute Gasteiger partial charge is 0.342 e. The molecule has 1 atom stereocenters. The number of piperidine rings is 1. The van der Waals surface area contributed by atoms with Gasteiger partial charge in [-0.1, -0.05) is 58.8 Å². The van der Waals surface area contributed by atoms with Crippen molar-refractivity contribution in [1.82, 2.24) is 29.9 Å². The number of nitrogens with one attached hydrogen (secondary N) is 1. The lowest BCUT2D eigenvalue weighted by molar-refractivity contribution is -0.133. The zero-order valence-electron chi connectivity index (χ0n) is 21.3. The second-order valence-corrected chi connectivity index (χ2v) is 10.0. The van der Waals surface area contributed by atoms with Crippen LogP contribution in [0.5, 0.6) is 0 Å². The average molecular weight is 485 g/mol. The molecule has 1 N–H and O–H groups in total. The third-order valence-corrected chi connectivity index (χ3v) is 7.36. The minimum absolute atomic E-state index is 0.0740. The topological polar surface area (TPSA) is 96.8 Å². The number of carbonyl (C=O) groups excluding carboxylic acids is 1. The van der Waals surface area contributed by atoms with Gasteiger partial charge in [0.05, 0.1) is 12.5 Å². The van der Waals surface area contributed by atoms with Gasteiger partial charge in [-0.2, -0.15) is 0 Å². The lowest BCUT2D eigenvalue weighted by atomic mass is 9.93. The van der Waals surface area contributed by atoms with Crippen LogP contribution in [0, 0.1) is 20.8 Å². The highest BCUT2D eigenvalue weighted by molar-refractivity contribution is 5.83. The van der Waals surface area contributed by atoms with Crippen molar-refractivity contribution in [1.29, 1.82) is 0 Å². The van der Waals surface area contributed by atoms with E-state index in [1.54, 1.807) is 4.68 Å². The van der Waals surface area contributed by atoms with E-state index in [0.29, 0.717) is 31.1 Å². The van der Waals surface area contributed by atoms with Crippen LogP contribution in [0.4, 0.5) is 0 Å². The summed E-state index contributed by atoms with van der Waals surface area (Å²) in [5.74, 6) is 0.688. The predicted octanol–water partition coefficient (Wildman–Crippen LogP) is 4.00. The summed E-state index contributed by atoms with van der Waals surface area (Å²) in [7, 11) is 0. The molecular formula is C28H32N6O2.